The highest BCUT2D eigenvalue weighted by molar-refractivity contribution is 7.18. The Bertz CT molecular complexity index is 657. The number of thiophene rings is 1. The van der Waals surface area contributed by atoms with Crippen LogP contribution in [0.15, 0.2) is 11.4 Å². The van der Waals surface area contributed by atoms with Crippen molar-refractivity contribution >= 4 is 39.5 Å². The lowest BCUT2D eigenvalue weighted by Crippen LogP contribution is -2.10. The second-order valence-electron chi connectivity index (χ2n) is 4.51. The molecule has 0 saturated carbocycles. The lowest BCUT2D eigenvalue weighted by atomic mass is 10.0. The first-order chi connectivity index (χ1) is 9.13. The third-order valence-electron chi connectivity index (χ3n) is 2.94. The van der Waals surface area contributed by atoms with Gasteiger partial charge in [0.05, 0.1) is 15.4 Å². The van der Waals surface area contributed by atoms with E-state index in [4.69, 9.17) is 0 Å². The number of aryl methyl sites for hydroxylation is 2. The van der Waals surface area contributed by atoms with E-state index in [1.165, 1.54) is 22.7 Å². The number of hydrogen-bond donors (Lipinski definition) is 1. The van der Waals surface area contributed by atoms with E-state index in [0.717, 1.165) is 24.1 Å². The molecule has 0 aromatic carbocycles. The molecule has 0 fully saturated rings. The molecule has 2 aromatic heterocycles. The number of hydrogen-bond acceptors (Lipinski definition) is 5. The minimum atomic E-state index is -0.156. The summed E-state index contributed by atoms with van der Waals surface area (Å²) in [5.74, 6) is -0.0112. The molecule has 1 aliphatic carbocycles. The van der Waals surface area contributed by atoms with Gasteiger partial charge >= 0.3 is 0 Å². The first-order valence-corrected chi connectivity index (χ1v) is 7.72. The van der Waals surface area contributed by atoms with E-state index in [1.807, 2.05) is 18.4 Å². The highest BCUT2D eigenvalue weighted by Crippen LogP contribution is 2.30. The molecule has 1 amide bonds. The van der Waals surface area contributed by atoms with Crippen molar-refractivity contribution in [1.82, 2.24) is 4.98 Å². The Hall–Kier alpha value is -1.53. The summed E-state index contributed by atoms with van der Waals surface area (Å²) in [4.78, 5) is 29.4. The smallest absolute Gasteiger partial charge is 0.267 e. The molecule has 2 heterocycles. The van der Waals surface area contributed by atoms with Crippen LogP contribution in [0.1, 0.15) is 43.4 Å². The summed E-state index contributed by atoms with van der Waals surface area (Å²) in [7, 11) is 0. The minimum absolute atomic E-state index is 0.145. The van der Waals surface area contributed by atoms with Crippen LogP contribution in [0.3, 0.4) is 0 Å². The van der Waals surface area contributed by atoms with Crippen molar-refractivity contribution in [1.29, 1.82) is 0 Å². The highest BCUT2D eigenvalue weighted by Gasteiger charge is 2.23. The molecule has 1 aliphatic rings. The largest absolute Gasteiger partial charge is 0.297 e. The van der Waals surface area contributed by atoms with Gasteiger partial charge in [0, 0.05) is 6.42 Å². The third kappa shape index (κ3) is 2.46. The normalized spacial score (nSPS) is 14.3. The van der Waals surface area contributed by atoms with Gasteiger partial charge in [-0.15, -0.1) is 11.3 Å². The van der Waals surface area contributed by atoms with Gasteiger partial charge in [0.15, 0.2) is 10.9 Å². The van der Waals surface area contributed by atoms with Crippen molar-refractivity contribution < 1.29 is 9.59 Å². The van der Waals surface area contributed by atoms with Gasteiger partial charge in [-0.3, -0.25) is 14.9 Å². The Morgan fingerprint density at radius 2 is 2.26 bits per heavy atom. The average molecular weight is 292 g/mol. The summed E-state index contributed by atoms with van der Waals surface area (Å²) < 4.78 is 0. The third-order valence-corrected chi connectivity index (χ3v) is 5.04. The van der Waals surface area contributed by atoms with Gasteiger partial charge in [0.1, 0.15) is 0 Å². The SMILES string of the molecule is Cc1csc(C(=O)Nc2nc3c(s2)C(=O)CCC3)c1. The number of carbonyl (C=O) groups excluding carboxylic acids is 2. The van der Waals surface area contributed by atoms with Gasteiger partial charge in [-0.25, -0.2) is 4.98 Å². The maximum Gasteiger partial charge on any atom is 0.267 e. The van der Waals surface area contributed by atoms with E-state index in [1.54, 1.807) is 0 Å². The lowest BCUT2D eigenvalue weighted by Gasteiger charge is -2.05. The number of rotatable bonds is 2. The van der Waals surface area contributed by atoms with Crippen molar-refractivity contribution in [2.45, 2.75) is 26.2 Å². The molecule has 4 nitrogen and oxygen atoms in total. The first-order valence-electron chi connectivity index (χ1n) is 6.03. The van der Waals surface area contributed by atoms with Crippen molar-refractivity contribution in [2.75, 3.05) is 5.32 Å². The highest BCUT2D eigenvalue weighted by atomic mass is 32.1. The Morgan fingerprint density at radius 1 is 1.42 bits per heavy atom. The van der Waals surface area contributed by atoms with Gasteiger partial charge in [-0.2, -0.15) is 0 Å². The Labute approximate surface area is 118 Å². The monoisotopic (exact) mass is 292 g/mol. The molecule has 6 heteroatoms. The molecule has 19 heavy (non-hydrogen) atoms. The zero-order valence-corrected chi connectivity index (χ0v) is 12.0. The van der Waals surface area contributed by atoms with Crippen LogP contribution >= 0.6 is 22.7 Å². The Balaban J connectivity index is 1.80. The average Bonchev–Trinajstić information content (AvgIpc) is 2.96. The van der Waals surface area contributed by atoms with Crippen LogP contribution in [-0.4, -0.2) is 16.7 Å². The number of amides is 1. The number of thiazole rings is 1. The topological polar surface area (TPSA) is 59.1 Å². The summed E-state index contributed by atoms with van der Waals surface area (Å²) in [6, 6.07) is 1.85. The van der Waals surface area contributed by atoms with Crippen LogP contribution in [0.2, 0.25) is 0 Å². The molecule has 0 unspecified atom stereocenters. The zero-order chi connectivity index (χ0) is 13.4. The molecular formula is C13H12N2O2S2. The molecule has 0 radical (unpaired) electrons. The van der Waals surface area contributed by atoms with E-state index in [9.17, 15) is 9.59 Å². The molecule has 1 N–H and O–H groups in total. The number of anilines is 1. The fourth-order valence-electron chi connectivity index (χ4n) is 2.03. The van der Waals surface area contributed by atoms with E-state index < -0.39 is 0 Å². The van der Waals surface area contributed by atoms with Gasteiger partial charge in [-0.1, -0.05) is 11.3 Å². The van der Waals surface area contributed by atoms with Crippen LogP contribution in [0.5, 0.6) is 0 Å². The van der Waals surface area contributed by atoms with Gasteiger partial charge < -0.3 is 0 Å². The molecule has 0 bridgehead atoms. The van der Waals surface area contributed by atoms with E-state index in [2.05, 4.69) is 10.3 Å². The zero-order valence-electron chi connectivity index (χ0n) is 10.4. The summed E-state index contributed by atoms with van der Waals surface area (Å²) >= 11 is 2.70. The number of nitrogens with zero attached hydrogens (tertiary/aromatic N) is 1. The predicted molar refractivity (Wildman–Crippen MR) is 76.4 cm³/mol. The number of aromatic nitrogens is 1. The molecule has 0 spiro atoms. The number of carbonyl (C=O) groups is 2. The number of Topliss-reactive ketones (excluding diaryl/α,β-unsaturated/α-hetero) is 1. The van der Waals surface area contributed by atoms with Crippen molar-refractivity contribution in [3.05, 3.63) is 32.5 Å². The first kappa shape index (κ1) is 12.5. The van der Waals surface area contributed by atoms with Crippen LogP contribution < -0.4 is 5.32 Å². The van der Waals surface area contributed by atoms with E-state index in [-0.39, 0.29) is 11.7 Å². The minimum Gasteiger partial charge on any atom is -0.297 e. The number of nitrogens with one attached hydrogen (secondary N) is 1. The van der Waals surface area contributed by atoms with Crippen LogP contribution in [0.4, 0.5) is 5.13 Å². The summed E-state index contributed by atoms with van der Waals surface area (Å²) in [6.07, 6.45) is 2.27. The van der Waals surface area contributed by atoms with E-state index >= 15 is 0 Å². The molecular weight excluding hydrogens is 280 g/mol. The quantitative estimate of drug-likeness (QED) is 0.924. The van der Waals surface area contributed by atoms with Crippen molar-refractivity contribution in [3.8, 4) is 0 Å². The second-order valence-corrected chi connectivity index (χ2v) is 6.42. The predicted octanol–water partition coefficient (Wildman–Crippen LogP) is 3.28. The standard InChI is InChI=1S/C13H12N2O2S2/c1-7-5-10(18-6-7)12(17)15-13-14-8-3-2-4-9(16)11(8)19-13/h5-6H,2-4H2,1H3,(H,14,15,17). The number of fused-ring (bicyclic) bond motifs is 1. The Morgan fingerprint density at radius 3 is 2.95 bits per heavy atom. The van der Waals surface area contributed by atoms with Crippen LogP contribution in [0, 0.1) is 6.92 Å². The molecule has 0 atom stereocenters. The van der Waals surface area contributed by atoms with E-state index in [0.29, 0.717) is 21.3 Å². The van der Waals surface area contributed by atoms with Gasteiger partial charge in [-0.05, 0) is 36.8 Å². The van der Waals surface area contributed by atoms with Crippen molar-refractivity contribution in [2.24, 2.45) is 0 Å². The summed E-state index contributed by atoms with van der Waals surface area (Å²) in [6.45, 7) is 1.95. The second kappa shape index (κ2) is 4.86. The number of ketones is 1. The fraction of sp³-hybridized carbons (Fsp3) is 0.308. The summed E-state index contributed by atoms with van der Waals surface area (Å²) in [5, 5.41) is 5.24. The molecule has 98 valence electrons. The molecule has 0 aliphatic heterocycles. The molecule has 2 aromatic rings. The molecule has 0 saturated heterocycles. The van der Waals surface area contributed by atoms with Crippen molar-refractivity contribution in [3.63, 3.8) is 0 Å². The molecule has 3 rings (SSSR count). The Kier molecular flexibility index (Phi) is 3.20. The van der Waals surface area contributed by atoms with Crippen LogP contribution in [0.25, 0.3) is 0 Å². The van der Waals surface area contributed by atoms with Crippen LogP contribution in [-0.2, 0) is 6.42 Å². The lowest BCUT2D eigenvalue weighted by molar-refractivity contribution is 0.0975. The maximum absolute atomic E-state index is 12.0. The van der Waals surface area contributed by atoms with Gasteiger partial charge in [0.2, 0.25) is 0 Å². The maximum atomic E-state index is 12.0. The van der Waals surface area contributed by atoms with Gasteiger partial charge in [0.25, 0.3) is 5.91 Å². The summed E-state index contributed by atoms with van der Waals surface area (Å²) in [5.41, 5.74) is 1.91. The fourth-order valence-corrected chi connectivity index (χ4v) is 3.80.